The van der Waals surface area contributed by atoms with Crippen LogP contribution < -0.4 is 0 Å². The van der Waals surface area contributed by atoms with Crippen LogP contribution in [0.15, 0.2) is 84.6 Å². The number of carbonyl (C=O) groups excluding carboxylic acids is 3. The molecule has 0 saturated carbocycles. The third kappa shape index (κ3) is 2.64. The van der Waals surface area contributed by atoms with Crippen molar-refractivity contribution in [2.24, 2.45) is 0 Å². The van der Waals surface area contributed by atoms with Gasteiger partial charge in [-0.1, -0.05) is 54.6 Å². The zero-order valence-corrected chi connectivity index (χ0v) is 15.6. The molecule has 0 atom stereocenters. The molecule has 2 aliphatic rings. The number of nitrogens with zero attached hydrogens (tertiary/aromatic N) is 1. The molecule has 0 unspecified atom stereocenters. The number of allylic oxidation sites excluding steroid dienone is 4. The lowest BCUT2D eigenvalue weighted by atomic mass is 9.88. The largest absolute Gasteiger partial charge is 0.289 e. The van der Waals surface area contributed by atoms with Crippen molar-refractivity contribution >= 4 is 28.4 Å². The van der Waals surface area contributed by atoms with Crippen molar-refractivity contribution in [3.8, 4) is 0 Å². The molecule has 1 aliphatic carbocycles. The van der Waals surface area contributed by atoms with Gasteiger partial charge in [0, 0.05) is 33.3 Å². The minimum Gasteiger partial charge on any atom is -0.289 e. The number of hydrogen-bond donors (Lipinski definition) is 0. The van der Waals surface area contributed by atoms with E-state index in [0.29, 0.717) is 45.1 Å². The molecule has 3 aromatic carbocycles. The molecule has 1 heterocycles. The van der Waals surface area contributed by atoms with Crippen LogP contribution >= 0.6 is 0 Å². The molecule has 0 aromatic heterocycles. The van der Waals surface area contributed by atoms with E-state index in [1.807, 2.05) is 36.4 Å². The van der Waals surface area contributed by atoms with E-state index in [9.17, 15) is 14.4 Å². The maximum atomic E-state index is 13.2. The molecule has 3 aromatic rings. The molecule has 0 saturated heterocycles. The Morgan fingerprint density at radius 2 is 1.59 bits per heavy atom. The number of hydrogen-bond acceptors (Lipinski definition) is 3. The van der Waals surface area contributed by atoms with E-state index in [2.05, 4.69) is 0 Å². The molecule has 0 N–H and O–H groups in total. The molecule has 0 fully saturated rings. The number of ketones is 1. The van der Waals surface area contributed by atoms with Crippen LogP contribution in [0, 0.1) is 0 Å². The topological polar surface area (TPSA) is 54.5 Å². The van der Waals surface area contributed by atoms with Gasteiger partial charge in [0.05, 0.1) is 0 Å². The molecular formula is C25H17NO3. The summed E-state index contributed by atoms with van der Waals surface area (Å²) in [6.45, 7) is 0. The quantitative estimate of drug-likeness (QED) is 0.480. The zero-order valence-electron chi connectivity index (χ0n) is 15.6. The van der Waals surface area contributed by atoms with Crippen molar-refractivity contribution in [3.63, 3.8) is 0 Å². The molecule has 4 heteroatoms. The zero-order chi connectivity index (χ0) is 20.0. The van der Waals surface area contributed by atoms with Crippen LogP contribution in [0.1, 0.15) is 49.5 Å². The first-order chi connectivity index (χ1) is 14.2. The Morgan fingerprint density at radius 3 is 2.31 bits per heavy atom. The Morgan fingerprint density at radius 1 is 0.828 bits per heavy atom. The lowest BCUT2D eigenvalue weighted by Gasteiger charge is -2.30. The Labute approximate surface area is 167 Å². The summed E-state index contributed by atoms with van der Waals surface area (Å²) in [5, 5.41) is 1.19. The molecule has 29 heavy (non-hydrogen) atoms. The van der Waals surface area contributed by atoms with Crippen LogP contribution in [0.4, 0.5) is 0 Å². The fourth-order valence-electron chi connectivity index (χ4n) is 4.08. The van der Waals surface area contributed by atoms with Crippen molar-refractivity contribution in [1.29, 1.82) is 0 Å². The molecule has 0 spiro atoms. The van der Waals surface area contributed by atoms with Crippen LogP contribution in [0.5, 0.6) is 0 Å². The first-order valence-electron chi connectivity index (χ1n) is 9.57. The van der Waals surface area contributed by atoms with Gasteiger partial charge >= 0.3 is 0 Å². The van der Waals surface area contributed by atoms with Gasteiger partial charge in [-0.3, -0.25) is 14.4 Å². The molecule has 2 amide bonds. The van der Waals surface area contributed by atoms with Gasteiger partial charge < -0.3 is 0 Å². The van der Waals surface area contributed by atoms with Gasteiger partial charge in [-0.15, -0.1) is 0 Å². The summed E-state index contributed by atoms with van der Waals surface area (Å²) in [5.41, 5.74) is 2.67. The monoisotopic (exact) mass is 379 g/mol. The van der Waals surface area contributed by atoms with E-state index in [1.165, 1.54) is 4.90 Å². The summed E-state index contributed by atoms with van der Waals surface area (Å²) >= 11 is 0. The second kappa shape index (κ2) is 6.67. The molecule has 1 aliphatic heterocycles. The predicted octanol–water partition coefficient (Wildman–Crippen LogP) is 4.90. The molecule has 5 rings (SSSR count). The number of carbonyl (C=O) groups is 3. The van der Waals surface area contributed by atoms with E-state index >= 15 is 0 Å². The Hall–Kier alpha value is -3.79. The number of amides is 2. The molecule has 140 valence electrons. The second-order valence-corrected chi connectivity index (χ2v) is 7.15. The third-order valence-electron chi connectivity index (χ3n) is 5.47. The maximum Gasteiger partial charge on any atom is 0.265 e. The predicted molar refractivity (Wildman–Crippen MR) is 111 cm³/mol. The highest BCUT2D eigenvalue weighted by molar-refractivity contribution is 6.29. The number of imide groups is 1. The van der Waals surface area contributed by atoms with Crippen LogP contribution in [-0.4, -0.2) is 22.5 Å². The SMILES string of the molecule is O=C(c1ccccc1)c1ccc2c3c(cccc13)C(=O)N(C1=CC=CCC1)C2=O. The summed E-state index contributed by atoms with van der Waals surface area (Å²) in [7, 11) is 0. The fraction of sp³-hybridized carbons (Fsp3) is 0.0800. The lowest BCUT2D eigenvalue weighted by molar-refractivity contribution is 0.0656. The first-order valence-corrected chi connectivity index (χ1v) is 9.57. The highest BCUT2D eigenvalue weighted by Gasteiger charge is 2.35. The van der Waals surface area contributed by atoms with Crippen molar-refractivity contribution in [2.75, 3.05) is 0 Å². The number of rotatable bonds is 3. The van der Waals surface area contributed by atoms with Crippen LogP contribution in [0.3, 0.4) is 0 Å². The van der Waals surface area contributed by atoms with Gasteiger partial charge in [0.1, 0.15) is 0 Å². The summed E-state index contributed by atoms with van der Waals surface area (Å²) < 4.78 is 0. The third-order valence-corrected chi connectivity index (χ3v) is 5.47. The highest BCUT2D eigenvalue weighted by Crippen LogP contribution is 2.35. The molecule has 0 radical (unpaired) electrons. The fourth-order valence-corrected chi connectivity index (χ4v) is 4.08. The van der Waals surface area contributed by atoms with Gasteiger partial charge in [-0.25, -0.2) is 4.90 Å². The first kappa shape index (κ1) is 17.3. The number of benzene rings is 3. The van der Waals surface area contributed by atoms with Gasteiger partial charge in [0.2, 0.25) is 0 Å². The van der Waals surface area contributed by atoms with E-state index in [-0.39, 0.29) is 17.6 Å². The van der Waals surface area contributed by atoms with Gasteiger partial charge in [0.25, 0.3) is 11.8 Å². The lowest BCUT2D eigenvalue weighted by Crippen LogP contribution is -2.39. The van der Waals surface area contributed by atoms with E-state index < -0.39 is 0 Å². The maximum absolute atomic E-state index is 13.2. The van der Waals surface area contributed by atoms with Gasteiger partial charge in [-0.2, -0.15) is 0 Å². The van der Waals surface area contributed by atoms with Crippen LogP contribution in [-0.2, 0) is 0 Å². The summed E-state index contributed by atoms with van der Waals surface area (Å²) in [6.07, 6.45) is 7.14. The van der Waals surface area contributed by atoms with Crippen molar-refractivity contribution < 1.29 is 14.4 Å². The highest BCUT2D eigenvalue weighted by atomic mass is 16.2. The van der Waals surface area contributed by atoms with E-state index in [1.54, 1.807) is 42.5 Å². The van der Waals surface area contributed by atoms with Crippen LogP contribution in [0.2, 0.25) is 0 Å². The Bertz CT molecular complexity index is 1230. The summed E-state index contributed by atoms with van der Waals surface area (Å²) in [4.78, 5) is 40.8. The Balaban J connectivity index is 1.70. The minimum atomic E-state index is -0.334. The average Bonchev–Trinajstić information content (AvgIpc) is 2.78. The second-order valence-electron chi connectivity index (χ2n) is 7.15. The van der Waals surface area contributed by atoms with Crippen LogP contribution in [0.25, 0.3) is 10.8 Å². The smallest absolute Gasteiger partial charge is 0.265 e. The normalized spacial score (nSPS) is 15.6. The van der Waals surface area contributed by atoms with Crippen molar-refractivity contribution in [3.05, 3.63) is 107 Å². The van der Waals surface area contributed by atoms with Crippen molar-refractivity contribution in [1.82, 2.24) is 4.90 Å². The van der Waals surface area contributed by atoms with Gasteiger partial charge in [0.15, 0.2) is 5.78 Å². The van der Waals surface area contributed by atoms with E-state index in [0.717, 1.165) is 6.42 Å². The summed E-state index contributed by atoms with van der Waals surface area (Å²) in [6, 6.07) is 17.7. The Kier molecular flexibility index (Phi) is 3.98. The molecular weight excluding hydrogens is 362 g/mol. The molecule has 4 nitrogen and oxygen atoms in total. The minimum absolute atomic E-state index is 0.128. The van der Waals surface area contributed by atoms with E-state index in [4.69, 9.17) is 0 Å². The van der Waals surface area contributed by atoms with Crippen molar-refractivity contribution in [2.45, 2.75) is 12.8 Å². The van der Waals surface area contributed by atoms with Gasteiger partial charge in [-0.05, 0) is 42.5 Å². The average molecular weight is 379 g/mol. The summed E-state index contributed by atoms with van der Waals surface area (Å²) in [5.74, 6) is -0.797. The standard InChI is InChI=1S/C25H17NO3/c27-23(16-8-3-1-4-9-16)19-14-15-21-22-18(19)12-7-13-20(22)24(28)26(25(21)29)17-10-5-2-6-11-17/h1-5,7-10,12-15H,6,11H2. The molecule has 0 bridgehead atoms.